The summed E-state index contributed by atoms with van der Waals surface area (Å²) in [5.74, 6) is 2.17. The van der Waals surface area contributed by atoms with Crippen molar-refractivity contribution in [1.82, 2.24) is 15.2 Å². The maximum absolute atomic E-state index is 5.28. The molecule has 1 unspecified atom stereocenters. The summed E-state index contributed by atoms with van der Waals surface area (Å²) in [7, 11) is 1.78. The number of guanidine groups is 1. The molecule has 138 valence electrons. The number of nitrogens with one attached hydrogen (secondary N) is 1. The Bertz CT molecular complexity index is 507. The van der Waals surface area contributed by atoms with E-state index in [0.717, 1.165) is 50.9 Å². The topological polar surface area (TPSA) is 49.8 Å². The zero-order chi connectivity index (χ0) is 16.7. The number of likely N-dealkylation sites (tertiary alicyclic amines) is 1. The molecule has 1 aromatic heterocycles. The number of aromatic nitrogens is 1. The monoisotopic (exact) mass is 466 g/mol. The molecule has 1 aromatic rings. The molecule has 2 rings (SSSR count). The molecule has 0 aromatic carbocycles. The molecule has 0 bridgehead atoms. The Kier molecular flexibility index (Phi) is 10.1. The van der Waals surface area contributed by atoms with Crippen LogP contribution in [0.5, 0.6) is 0 Å². The number of thiazole rings is 1. The maximum atomic E-state index is 5.28. The largest absolute Gasteiger partial charge is 0.384 e. The first-order valence-corrected chi connectivity index (χ1v) is 9.48. The van der Waals surface area contributed by atoms with E-state index in [0.29, 0.717) is 11.8 Å². The maximum Gasteiger partial charge on any atom is 0.193 e. The van der Waals surface area contributed by atoms with E-state index in [9.17, 15) is 0 Å². The van der Waals surface area contributed by atoms with Gasteiger partial charge in [-0.25, -0.2) is 4.98 Å². The van der Waals surface area contributed by atoms with Crippen molar-refractivity contribution in [3.63, 3.8) is 0 Å². The fourth-order valence-electron chi connectivity index (χ4n) is 2.80. The van der Waals surface area contributed by atoms with Crippen molar-refractivity contribution < 1.29 is 4.74 Å². The number of ether oxygens (including phenoxy) is 1. The molecule has 0 spiro atoms. The summed E-state index contributed by atoms with van der Waals surface area (Å²) >= 11 is 1.76. The third-order valence-electron chi connectivity index (χ3n) is 4.02. The third-order valence-corrected chi connectivity index (χ3v) is 5.21. The molecule has 2 heterocycles. The van der Waals surface area contributed by atoms with E-state index in [2.05, 4.69) is 41.4 Å². The van der Waals surface area contributed by atoms with Crippen LogP contribution in [0.4, 0.5) is 0 Å². The van der Waals surface area contributed by atoms with E-state index in [1.54, 1.807) is 18.4 Å². The van der Waals surface area contributed by atoms with Crippen LogP contribution in [0.15, 0.2) is 10.4 Å². The average Bonchev–Trinajstić information content (AvgIpc) is 3.16. The average molecular weight is 466 g/mol. The molecule has 0 radical (unpaired) electrons. The molecule has 1 atom stereocenters. The van der Waals surface area contributed by atoms with Crippen LogP contribution in [0.2, 0.25) is 0 Å². The van der Waals surface area contributed by atoms with E-state index in [1.807, 2.05) is 0 Å². The Morgan fingerprint density at radius 1 is 1.54 bits per heavy atom. The van der Waals surface area contributed by atoms with Gasteiger partial charge in [-0.2, -0.15) is 0 Å². The van der Waals surface area contributed by atoms with E-state index >= 15 is 0 Å². The van der Waals surface area contributed by atoms with Gasteiger partial charge < -0.3 is 15.0 Å². The highest BCUT2D eigenvalue weighted by Crippen LogP contribution is 2.19. The fourth-order valence-corrected chi connectivity index (χ4v) is 3.67. The van der Waals surface area contributed by atoms with Gasteiger partial charge >= 0.3 is 0 Å². The zero-order valence-corrected chi connectivity index (χ0v) is 18.4. The summed E-state index contributed by atoms with van der Waals surface area (Å²) in [5.41, 5.74) is 1.16. The van der Waals surface area contributed by atoms with Gasteiger partial charge in [-0.3, -0.25) is 4.99 Å². The molecule has 5 nitrogen and oxygen atoms in total. The lowest BCUT2D eigenvalue weighted by Crippen LogP contribution is -2.40. The smallest absolute Gasteiger partial charge is 0.193 e. The van der Waals surface area contributed by atoms with Crippen LogP contribution < -0.4 is 5.32 Å². The van der Waals surface area contributed by atoms with Crippen molar-refractivity contribution >= 4 is 41.3 Å². The molecule has 0 saturated carbocycles. The van der Waals surface area contributed by atoms with Gasteiger partial charge in [0.05, 0.1) is 17.3 Å². The Morgan fingerprint density at radius 3 is 2.96 bits per heavy atom. The van der Waals surface area contributed by atoms with Gasteiger partial charge in [-0.05, 0) is 13.3 Å². The van der Waals surface area contributed by atoms with Gasteiger partial charge in [-0.1, -0.05) is 13.8 Å². The minimum Gasteiger partial charge on any atom is -0.384 e. The van der Waals surface area contributed by atoms with Crippen LogP contribution in [0.3, 0.4) is 0 Å². The van der Waals surface area contributed by atoms with Crippen molar-refractivity contribution in [2.24, 2.45) is 10.9 Å². The van der Waals surface area contributed by atoms with E-state index in [4.69, 9.17) is 9.73 Å². The summed E-state index contributed by atoms with van der Waals surface area (Å²) in [6.07, 6.45) is 2.09. The standard InChI is InChI=1S/C17H30N4OS.HI/c1-5-18-17(21-9-7-14(10-21)11-22-4)19-8-6-15-12-23-16(20-15)13(2)3;/h12-14H,5-11H2,1-4H3,(H,18,19);1H. The lowest BCUT2D eigenvalue weighted by Gasteiger charge is -2.21. The second-order valence-electron chi connectivity index (χ2n) is 6.37. The number of rotatable bonds is 7. The second kappa shape index (κ2) is 11.3. The minimum atomic E-state index is 0. The Morgan fingerprint density at radius 2 is 2.33 bits per heavy atom. The Balaban J connectivity index is 0.00000288. The highest BCUT2D eigenvalue weighted by atomic mass is 127. The Labute approximate surface area is 167 Å². The SMILES string of the molecule is CCNC(=NCCc1csc(C(C)C)n1)N1CCC(COC)C1.I. The normalized spacial score (nSPS) is 18.1. The molecule has 1 N–H and O–H groups in total. The first kappa shape index (κ1) is 21.6. The van der Waals surface area contributed by atoms with Crippen LogP contribution in [-0.4, -0.2) is 55.7 Å². The van der Waals surface area contributed by atoms with Crippen LogP contribution in [0, 0.1) is 5.92 Å². The number of nitrogens with zero attached hydrogens (tertiary/aromatic N) is 3. The van der Waals surface area contributed by atoms with Gasteiger partial charge in [0.2, 0.25) is 0 Å². The van der Waals surface area contributed by atoms with E-state index in [-0.39, 0.29) is 24.0 Å². The molecule has 1 aliphatic heterocycles. The summed E-state index contributed by atoms with van der Waals surface area (Å²) in [6, 6.07) is 0. The van der Waals surface area contributed by atoms with E-state index in [1.165, 1.54) is 11.4 Å². The van der Waals surface area contributed by atoms with E-state index < -0.39 is 0 Å². The molecule has 0 amide bonds. The lowest BCUT2D eigenvalue weighted by molar-refractivity contribution is 0.157. The van der Waals surface area contributed by atoms with Crippen molar-refractivity contribution in [1.29, 1.82) is 0 Å². The van der Waals surface area contributed by atoms with Crippen LogP contribution >= 0.6 is 35.3 Å². The predicted molar refractivity (Wildman–Crippen MR) is 113 cm³/mol. The molecule has 1 aliphatic rings. The molecule has 0 aliphatic carbocycles. The highest BCUT2D eigenvalue weighted by Gasteiger charge is 2.24. The first-order valence-electron chi connectivity index (χ1n) is 8.60. The molecular weight excluding hydrogens is 435 g/mol. The number of halogens is 1. The highest BCUT2D eigenvalue weighted by molar-refractivity contribution is 14.0. The summed E-state index contributed by atoms with van der Waals surface area (Å²) < 4.78 is 5.28. The number of hydrogen-bond acceptors (Lipinski definition) is 4. The third kappa shape index (κ3) is 6.48. The Hall–Kier alpha value is -0.410. The van der Waals surface area contributed by atoms with Crippen LogP contribution in [0.25, 0.3) is 0 Å². The molecule has 1 fully saturated rings. The fraction of sp³-hybridized carbons (Fsp3) is 0.765. The van der Waals surface area contributed by atoms with Gasteiger partial charge in [0.1, 0.15) is 0 Å². The van der Waals surface area contributed by atoms with Crippen molar-refractivity contribution in [3.8, 4) is 0 Å². The summed E-state index contributed by atoms with van der Waals surface area (Å²) in [5, 5.41) is 6.80. The number of methoxy groups -OCH3 is 1. The second-order valence-corrected chi connectivity index (χ2v) is 7.26. The lowest BCUT2D eigenvalue weighted by atomic mass is 10.1. The van der Waals surface area contributed by atoms with Crippen molar-refractivity contribution in [3.05, 3.63) is 16.1 Å². The number of aliphatic imine (C=N–C) groups is 1. The van der Waals surface area contributed by atoms with Crippen LogP contribution in [-0.2, 0) is 11.2 Å². The zero-order valence-electron chi connectivity index (χ0n) is 15.2. The summed E-state index contributed by atoms with van der Waals surface area (Å²) in [4.78, 5) is 11.8. The number of hydrogen-bond donors (Lipinski definition) is 1. The molecule has 24 heavy (non-hydrogen) atoms. The summed E-state index contributed by atoms with van der Waals surface area (Å²) in [6.45, 7) is 11.1. The van der Waals surface area contributed by atoms with Gasteiger partial charge in [0, 0.05) is 56.9 Å². The first-order chi connectivity index (χ1) is 11.1. The van der Waals surface area contributed by atoms with Crippen LogP contribution in [0.1, 0.15) is 43.8 Å². The van der Waals surface area contributed by atoms with Gasteiger partial charge in [0.25, 0.3) is 0 Å². The molecule has 7 heteroatoms. The van der Waals surface area contributed by atoms with Crippen molar-refractivity contribution in [2.75, 3.05) is 39.9 Å². The van der Waals surface area contributed by atoms with Gasteiger partial charge in [-0.15, -0.1) is 35.3 Å². The predicted octanol–water partition coefficient (Wildman–Crippen LogP) is 3.36. The van der Waals surface area contributed by atoms with Gasteiger partial charge in [0.15, 0.2) is 5.96 Å². The minimum absolute atomic E-state index is 0. The molecule has 1 saturated heterocycles. The van der Waals surface area contributed by atoms with Crippen molar-refractivity contribution in [2.45, 2.75) is 39.5 Å². The quantitative estimate of drug-likeness (QED) is 0.381. The molecular formula is C17H31IN4OS.